The molecule has 2 N–H and O–H groups in total. The van der Waals surface area contributed by atoms with Gasteiger partial charge in [0.1, 0.15) is 18.9 Å². The summed E-state index contributed by atoms with van der Waals surface area (Å²) in [6, 6.07) is 5.40. The number of rotatable bonds is 4. The normalized spacial score (nSPS) is 11.0. The molecule has 0 spiro atoms. The molecular formula is C11H11FN4O2S. The van der Waals surface area contributed by atoms with Crippen molar-refractivity contribution in [2.75, 3.05) is 18.8 Å². The van der Waals surface area contributed by atoms with Gasteiger partial charge in [0, 0.05) is 0 Å². The summed E-state index contributed by atoms with van der Waals surface area (Å²) in [5.41, 5.74) is 5.16. The molecule has 0 aliphatic rings. The van der Waals surface area contributed by atoms with Crippen LogP contribution in [0.5, 0.6) is 0 Å². The van der Waals surface area contributed by atoms with Crippen molar-refractivity contribution in [3.8, 4) is 12.1 Å². The standard InChI is InChI=1S/C11H11FN4O2S/c1-8-6-9(7-10(15)11(8)12)19(17,18)16(4-2-13)5-3-14/h6-7H,4-5,15H2,1H3. The predicted octanol–water partition coefficient (Wildman–Crippen LogP) is 0.754. The molecule has 0 bridgehead atoms. The van der Waals surface area contributed by atoms with Gasteiger partial charge in [0.2, 0.25) is 10.0 Å². The number of hydrogen-bond acceptors (Lipinski definition) is 5. The molecule has 6 nitrogen and oxygen atoms in total. The van der Waals surface area contributed by atoms with Gasteiger partial charge in [-0.05, 0) is 24.6 Å². The molecule has 0 fully saturated rings. The van der Waals surface area contributed by atoms with Crippen LogP contribution in [-0.2, 0) is 10.0 Å². The Hall–Kier alpha value is -2.16. The van der Waals surface area contributed by atoms with Crippen molar-refractivity contribution in [3.05, 3.63) is 23.5 Å². The molecule has 0 atom stereocenters. The van der Waals surface area contributed by atoms with Gasteiger partial charge in [-0.1, -0.05) is 0 Å². The molecule has 1 aromatic carbocycles. The van der Waals surface area contributed by atoms with E-state index in [1.807, 2.05) is 0 Å². The van der Waals surface area contributed by atoms with Crippen molar-refractivity contribution in [1.82, 2.24) is 4.31 Å². The zero-order valence-electron chi connectivity index (χ0n) is 10.1. The zero-order chi connectivity index (χ0) is 14.6. The fourth-order valence-electron chi connectivity index (χ4n) is 1.44. The van der Waals surface area contributed by atoms with Crippen LogP contribution in [0.2, 0.25) is 0 Å². The van der Waals surface area contributed by atoms with Gasteiger partial charge in [0.05, 0.1) is 22.7 Å². The largest absolute Gasteiger partial charge is 0.396 e. The molecule has 19 heavy (non-hydrogen) atoms. The molecule has 0 amide bonds. The lowest BCUT2D eigenvalue weighted by atomic mass is 10.2. The smallest absolute Gasteiger partial charge is 0.245 e. The van der Waals surface area contributed by atoms with Gasteiger partial charge < -0.3 is 5.73 Å². The maximum atomic E-state index is 13.4. The highest BCUT2D eigenvalue weighted by Crippen LogP contribution is 2.23. The van der Waals surface area contributed by atoms with Crippen molar-refractivity contribution in [3.63, 3.8) is 0 Å². The molecule has 0 unspecified atom stereocenters. The van der Waals surface area contributed by atoms with Gasteiger partial charge in [-0.15, -0.1) is 0 Å². The monoisotopic (exact) mass is 282 g/mol. The number of hydrogen-bond donors (Lipinski definition) is 1. The van der Waals surface area contributed by atoms with Crippen LogP contribution in [0, 0.1) is 35.4 Å². The molecule has 100 valence electrons. The van der Waals surface area contributed by atoms with E-state index in [2.05, 4.69) is 0 Å². The summed E-state index contributed by atoms with van der Waals surface area (Å²) < 4.78 is 38.4. The summed E-state index contributed by atoms with van der Waals surface area (Å²) >= 11 is 0. The van der Waals surface area contributed by atoms with Gasteiger partial charge in [-0.3, -0.25) is 0 Å². The molecule has 1 aromatic rings. The molecule has 0 radical (unpaired) electrons. The Morgan fingerprint density at radius 3 is 2.26 bits per heavy atom. The average Bonchev–Trinajstić information content (AvgIpc) is 2.35. The van der Waals surface area contributed by atoms with Crippen LogP contribution >= 0.6 is 0 Å². The molecule has 0 aromatic heterocycles. The number of nitriles is 2. The van der Waals surface area contributed by atoms with Gasteiger partial charge in [0.15, 0.2) is 0 Å². The van der Waals surface area contributed by atoms with Crippen molar-refractivity contribution in [2.45, 2.75) is 11.8 Å². The number of nitrogens with two attached hydrogens (primary N) is 1. The van der Waals surface area contributed by atoms with Crippen LogP contribution in [0.15, 0.2) is 17.0 Å². The maximum absolute atomic E-state index is 13.4. The molecule has 0 aliphatic carbocycles. The highest BCUT2D eigenvalue weighted by atomic mass is 32.2. The minimum Gasteiger partial charge on any atom is -0.396 e. The highest BCUT2D eigenvalue weighted by Gasteiger charge is 2.25. The van der Waals surface area contributed by atoms with Crippen molar-refractivity contribution in [1.29, 1.82) is 10.5 Å². The Morgan fingerprint density at radius 1 is 1.32 bits per heavy atom. The van der Waals surface area contributed by atoms with Gasteiger partial charge in [-0.25, -0.2) is 12.8 Å². The Bertz CT molecular complexity index is 634. The first-order valence-electron chi connectivity index (χ1n) is 5.14. The summed E-state index contributed by atoms with van der Waals surface area (Å²) in [4.78, 5) is -0.241. The van der Waals surface area contributed by atoms with Gasteiger partial charge in [-0.2, -0.15) is 14.8 Å². The van der Waals surface area contributed by atoms with Crippen LogP contribution in [-0.4, -0.2) is 25.8 Å². The molecule has 0 saturated heterocycles. The van der Waals surface area contributed by atoms with Crippen molar-refractivity contribution in [2.24, 2.45) is 0 Å². The number of aryl methyl sites for hydroxylation is 1. The lowest BCUT2D eigenvalue weighted by Gasteiger charge is -2.16. The van der Waals surface area contributed by atoms with E-state index in [-0.39, 0.29) is 16.1 Å². The first-order valence-corrected chi connectivity index (χ1v) is 6.58. The van der Waals surface area contributed by atoms with Crippen molar-refractivity contribution < 1.29 is 12.8 Å². The third kappa shape index (κ3) is 2.99. The number of halogens is 1. The number of nitrogens with zero attached hydrogens (tertiary/aromatic N) is 3. The van der Waals surface area contributed by atoms with Gasteiger partial charge >= 0.3 is 0 Å². The first kappa shape index (κ1) is 14.9. The molecule has 0 aliphatic heterocycles. The van der Waals surface area contributed by atoms with E-state index < -0.39 is 28.9 Å². The number of benzene rings is 1. The maximum Gasteiger partial charge on any atom is 0.245 e. The van der Waals surface area contributed by atoms with E-state index in [0.717, 1.165) is 12.1 Å². The minimum atomic E-state index is -4.05. The predicted molar refractivity (Wildman–Crippen MR) is 65.5 cm³/mol. The van der Waals surface area contributed by atoms with Crippen LogP contribution in [0.4, 0.5) is 10.1 Å². The van der Waals surface area contributed by atoms with Crippen LogP contribution < -0.4 is 5.73 Å². The fourth-order valence-corrected chi connectivity index (χ4v) is 2.80. The summed E-state index contributed by atoms with van der Waals surface area (Å²) in [6.45, 7) is 0.447. The zero-order valence-corrected chi connectivity index (χ0v) is 10.9. The van der Waals surface area contributed by atoms with Gasteiger partial charge in [0.25, 0.3) is 0 Å². The topological polar surface area (TPSA) is 111 Å². The molecule has 8 heteroatoms. The quantitative estimate of drug-likeness (QED) is 0.647. The Morgan fingerprint density at radius 2 is 1.84 bits per heavy atom. The molecular weight excluding hydrogens is 271 g/mol. The van der Waals surface area contributed by atoms with E-state index >= 15 is 0 Å². The number of sulfonamides is 1. The summed E-state index contributed by atoms with van der Waals surface area (Å²) in [5, 5.41) is 17.2. The van der Waals surface area contributed by atoms with E-state index in [0.29, 0.717) is 4.31 Å². The summed E-state index contributed by atoms with van der Waals surface area (Å²) in [5.74, 6) is -0.689. The summed E-state index contributed by atoms with van der Waals surface area (Å²) in [7, 11) is -4.05. The third-order valence-corrected chi connectivity index (χ3v) is 4.16. The lowest BCUT2D eigenvalue weighted by molar-refractivity contribution is 0.479. The third-order valence-electron chi connectivity index (χ3n) is 2.39. The Labute approximate surface area is 110 Å². The average molecular weight is 282 g/mol. The van der Waals surface area contributed by atoms with E-state index in [9.17, 15) is 12.8 Å². The molecule has 0 saturated carbocycles. The second kappa shape index (κ2) is 5.65. The molecule has 0 heterocycles. The number of anilines is 1. The van der Waals surface area contributed by atoms with Crippen LogP contribution in [0.25, 0.3) is 0 Å². The minimum absolute atomic E-state index is 0.0763. The Balaban J connectivity index is 3.35. The van der Waals surface area contributed by atoms with E-state index in [1.165, 1.54) is 6.92 Å². The second-order valence-corrected chi connectivity index (χ2v) is 5.67. The second-order valence-electron chi connectivity index (χ2n) is 3.73. The first-order chi connectivity index (χ1) is 8.84. The van der Waals surface area contributed by atoms with E-state index in [4.69, 9.17) is 16.3 Å². The van der Waals surface area contributed by atoms with Crippen molar-refractivity contribution >= 4 is 15.7 Å². The fraction of sp³-hybridized carbons (Fsp3) is 0.273. The molecule has 1 rings (SSSR count). The summed E-state index contributed by atoms with van der Waals surface area (Å²) in [6.07, 6.45) is 0. The SMILES string of the molecule is Cc1cc(S(=O)(=O)N(CC#N)CC#N)cc(N)c1F. The van der Waals surface area contributed by atoms with Crippen LogP contribution in [0.1, 0.15) is 5.56 Å². The highest BCUT2D eigenvalue weighted by molar-refractivity contribution is 7.89. The number of nitrogen functional groups attached to an aromatic ring is 1. The van der Waals surface area contributed by atoms with E-state index in [1.54, 1.807) is 12.1 Å². The van der Waals surface area contributed by atoms with Crippen LogP contribution in [0.3, 0.4) is 0 Å². The lowest BCUT2D eigenvalue weighted by Crippen LogP contribution is -2.32. The Kier molecular flexibility index (Phi) is 4.43.